The third kappa shape index (κ3) is 9.09. The van der Waals surface area contributed by atoms with Gasteiger partial charge in [0.25, 0.3) is 0 Å². The van der Waals surface area contributed by atoms with Gasteiger partial charge in [-0.15, -0.1) is 34.5 Å². The summed E-state index contributed by atoms with van der Waals surface area (Å²) in [6.45, 7) is 0.777. The van der Waals surface area contributed by atoms with Crippen molar-refractivity contribution < 1.29 is 48.9 Å². The molecule has 0 spiro atoms. The van der Waals surface area contributed by atoms with E-state index in [9.17, 15) is 8.92 Å². The van der Waals surface area contributed by atoms with E-state index in [-0.39, 0.29) is 49.5 Å². The fourth-order valence-electron chi connectivity index (χ4n) is 4.77. The molecule has 1 aliphatic rings. The first-order chi connectivity index (χ1) is 19.5. The first kappa shape index (κ1) is 32.7. The van der Waals surface area contributed by atoms with Crippen molar-refractivity contribution in [3.63, 3.8) is 0 Å². The SMILES string of the molecule is CN(C)[Si]=O.CN(CC1C(c2ccccc2)=Cc2ccccc21)[Si]=O.[Gd].c1ccc(-c2cc3ccccc3[cH-]2)cc1. The first-order valence-electron chi connectivity index (χ1n) is 13.2. The fourth-order valence-corrected chi connectivity index (χ4v) is 5.02. The Hall–Kier alpha value is -2.81. The van der Waals surface area contributed by atoms with Crippen LogP contribution in [0.25, 0.3) is 33.5 Å². The van der Waals surface area contributed by atoms with Crippen LogP contribution in [0.3, 0.4) is 0 Å². The Morgan fingerprint density at radius 3 is 1.88 bits per heavy atom. The Kier molecular flexibility index (Phi) is 13.2. The molecule has 0 saturated heterocycles. The maximum absolute atomic E-state index is 11.1. The number of benzene rings is 4. The Bertz CT molecular complexity index is 1540. The van der Waals surface area contributed by atoms with Crippen molar-refractivity contribution in [3.8, 4) is 11.1 Å². The van der Waals surface area contributed by atoms with Crippen LogP contribution in [0.2, 0.25) is 0 Å². The first-order valence-corrected chi connectivity index (χ1v) is 14.9. The van der Waals surface area contributed by atoms with Crippen LogP contribution in [-0.2, 0) is 8.92 Å². The molecule has 0 fully saturated rings. The molecule has 0 aliphatic heterocycles. The molecule has 0 bridgehead atoms. The zero-order valence-electron chi connectivity index (χ0n) is 23.5. The molecule has 1 unspecified atom stereocenters. The monoisotopic (exact) mass is 715 g/mol. The average molecular weight is 715 g/mol. The summed E-state index contributed by atoms with van der Waals surface area (Å²) in [5, 5.41) is 2.63. The molecule has 0 saturated carbocycles. The Morgan fingerprint density at radius 1 is 0.707 bits per heavy atom. The van der Waals surface area contributed by atoms with E-state index >= 15 is 0 Å². The normalized spacial score (nSPS) is 12.8. The smallest absolute Gasteiger partial charge is 0.379 e. The number of hydrogen-bond donors (Lipinski definition) is 0. The van der Waals surface area contributed by atoms with Crippen LogP contribution in [0.5, 0.6) is 0 Å². The maximum atomic E-state index is 11.1. The van der Waals surface area contributed by atoms with E-state index in [1.807, 2.05) is 23.7 Å². The minimum absolute atomic E-state index is 0. The van der Waals surface area contributed by atoms with Crippen LogP contribution in [0.1, 0.15) is 22.6 Å². The third-order valence-electron chi connectivity index (χ3n) is 6.68. The molecule has 4 nitrogen and oxygen atoms in total. The summed E-state index contributed by atoms with van der Waals surface area (Å²) in [4.78, 5) is 0. The topological polar surface area (TPSA) is 40.6 Å². The minimum Gasteiger partial charge on any atom is -0.379 e. The molecule has 41 heavy (non-hydrogen) atoms. The van der Waals surface area contributed by atoms with Crippen LogP contribution in [-0.4, -0.2) is 56.0 Å². The van der Waals surface area contributed by atoms with E-state index in [2.05, 4.69) is 115 Å². The summed E-state index contributed by atoms with van der Waals surface area (Å²) in [5.74, 6) is 0.292. The summed E-state index contributed by atoms with van der Waals surface area (Å²) in [5.41, 5.74) is 7.76. The molecule has 1 atom stereocenters. The molecule has 7 heteroatoms. The molecule has 208 valence electrons. The van der Waals surface area contributed by atoms with E-state index in [1.54, 1.807) is 18.7 Å². The van der Waals surface area contributed by atoms with Crippen molar-refractivity contribution in [3.05, 3.63) is 138 Å². The van der Waals surface area contributed by atoms with Gasteiger partial charge in [-0.25, -0.2) is 0 Å². The number of nitrogens with zero attached hydrogens (tertiary/aromatic N) is 2. The van der Waals surface area contributed by atoms with Gasteiger partial charge in [0.2, 0.25) is 0 Å². The van der Waals surface area contributed by atoms with Gasteiger partial charge in [0, 0.05) is 52.4 Å². The van der Waals surface area contributed by atoms with E-state index in [0.717, 1.165) is 6.54 Å². The van der Waals surface area contributed by atoms with Gasteiger partial charge < -0.3 is 18.1 Å². The zero-order valence-corrected chi connectivity index (χ0v) is 27.7. The molecule has 5 aromatic carbocycles. The summed E-state index contributed by atoms with van der Waals surface area (Å²) < 4.78 is 24.2. The Morgan fingerprint density at radius 2 is 1.27 bits per heavy atom. The van der Waals surface area contributed by atoms with Crippen LogP contribution in [0.4, 0.5) is 0 Å². The Balaban J connectivity index is 0.000000195. The van der Waals surface area contributed by atoms with E-state index in [0.29, 0.717) is 5.92 Å². The van der Waals surface area contributed by atoms with Crippen molar-refractivity contribution in [2.75, 3.05) is 27.7 Å². The maximum Gasteiger partial charge on any atom is 0.466 e. The molecule has 1 aliphatic carbocycles. The number of likely N-dealkylation sites (N-methyl/N-ethyl adjacent to an activating group) is 1. The van der Waals surface area contributed by atoms with E-state index in [4.69, 9.17) is 0 Å². The molecule has 5 aromatic rings. The van der Waals surface area contributed by atoms with Gasteiger partial charge >= 0.3 is 19.1 Å². The van der Waals surface area contributed by atoms with Crippen molar-refractivity contribution in [2.45, 2.75) is 5.92 Å². The van der Waals surface area contributed by atoms with Crippen LogP contribution in [0.15, 0.2) is 121 Å². The molecular formula is C34H33GdN2O2Si2-. The predicted molar refractivity (Wildman–Crippen MR) is 168 cm³/mol. The summed E-state index contributed by atoms with van der Waals surface area (Å²) >= 11 is 0. The summed E-state index contributed by atoms with van der Waals surface area (Å²) in [6.07, 6.45) is 2.26. The van der Waals surface area contributed by atoms with Gasteiger partial charge in [-0.05, 0) is 43.4 Å². The van der Waals surface area contributed by atoms with Gasteiger partial charge in [0.1, 0.15) is 0 Å². The molecule has 0 amide bonds. The summed E-state index contributed by atoms with van der Waals surface area (Å²) in [7, 11) is 4.71. The van der Waals surface area contributed by atoms with Crippen molar-refractivity contribution in [1.82, 2.24) is 9.13 Å². The number of rotatable bonds is 6. The van der Waals surface area contributed by atoms with Crippen molar-refractivity contribution >= 4 is 41.6 Å². The van der Waals surface area contributed by atoms with Gasteiger partial charge in [0.15, 0.2) is 0 Å². The molecular weight excluding hydrogens is 682 g/mol. The summed E-state index contributed by atoms with van der Waals surface area (Å²) in [6, 6.07) is 42.4. The van der Waals surface area contributed by atoms with Gasteiger partial charge in [-0.3, -0.25) is 0 Å². The van der Waals surface area contributed by atoms with Crippen LogP contribution in [0, 0.1) is 39.9 Å². The molecule has 2 radical (unpaired) electrons. The standard InChI is InChI=1S/C17H16NOSi.C15H11.C2H6NOSi.Gd/c1-18(20-19)12-17-15-10-6-5-9-14(15)11-16(17)13-7-3-2-4-8-13;1-2-6-12(7-3-1)15-10-13-8-4-5-9-14(13)11-15;1-3(2)5-4;/h2-11,17H,12H2,1H3;1-11H;1-2H3;/q;-1;;. The number of hydrogen-bond acceptors (Lipinski definition) is 2. The predicted octanol–water partition coefficient (Wildman–Crippen LogP) is 6.96. The van der Waals surface area contributed by atoms with Crippen LogP contribution >= 0.6 is 0 Å². The zero-order chi connectivity index (χ0) is 28.3. The largest absolute Gasteiger partial charge is 0.466 e. The second kappa shape index (κ2) is 16.6. The van der Waals surface area contributed by atoms with Gasteiger partial charge in [0.05, 0.1) is 0 Å². The molecule has 0 heterocycles. The van der Waals surface area contributed by atoms with Gasteiger partial charge in [-0.1, -0.05) is 115 Å². The quantitative estimate of drug-likeness (QED) is 0.141. The van der Waals surface area contributed by atoms with Crippen molar-refractivity contribution in [1.29, 1.82) is 0 Å². The average Bonchev–Trinajstić information content (AvgIpc) is 3.61. The molecule has 6 rings (SSSR count). The minimum atomic E-state index is -0.401. The van der Waals surface area contributed by atoms with Crippen LogP contribution < -0.4 is 0 Å². The molecule has 0 aromatic heterocycles. The van der Waals surface area contributed by atoms with Gasteiger partial charge in [-0.2, -0.15) is 0 Å². The van der Waals surface area contributed by atoms with E-state index in [1.165, 1.54) is 44.2 Å². The van der Waals surface area contributed by atoms with E-state index < -0.39 is 9.57 Å². The number of fused-ring (bicyclic) bond motifs is 2. The fraction of sp³-hybridized carbons (Fsp3) is 0.147. The Labute approximate surface area is 280 Å². The molecule has 0 N–H and O–H groups in total. The second-order valence-electron chi connectivity index (χ2n) is 9.84. The third-order valence-corrected chi connectivity index (χ3v) is 7.54. The second-order valence-corrected chi connectivity index (χ2v) is 11.9. The van der Waals surface area contributed by atoms with Crippen molar-refractivity contribution in [2.24, 2.45) is 0 Å².